The summed E-state index contributed by atoms with van der Waals surface area (Å²) in [6.07, 6.45) is 5.01. The van der Waals surface area contributed by atoms with E-state index in [9.17, 15) is 0 Å². The van der Waals surface area contributed by atoms with Gasteiger partial charge in [0.15, 0.2) is 5.15 Å². The number of halogens is 1. The highest BCUT2D eigenvalue weighted by Crippen LogP contribution is 2.28. The van der Waals surface area contributed by atoms with Crippen molar-refractivity contribution >= 4 is 33.5 Å². The fourth-order valence-corrected chi connectivity index (χ4v) is 2.09. The number of aryl methyl sites for hydroxylation is 1. The van der Waals surface area contributed by atoms with Gasteiger partial charge in [-0.15, -0.1) is 0 Å². The molecule has 0 aromatic carbocycles. The molecule has 0 spiro atoms. The molecular formula is C10H7ClN4. The standard InChI is InChI=1S/C10H7ClN4/c1-15-7-2-3-12-4-6(7)8-9(15)10(11)14-5-13-8/h2-5H,1H3. The van der Waals surface area contributed by atoms with Crippen molar-refractivity contribution in [3.05, 3.63) is 29.9 Å². The Bertz CT molecular complexity index is 659. The Morgan fingerprint density at radius 3 is 3.07 bits per heavy atom. The zero-order valence-electron chi connectivity index (χ0n) is 7.98. The molecule has 0 saturated heterocycles. The molecule has 15 heavy (non-hydrogen) atoms. The van der Waals surface area contributed by atoms with Crippen molar-refractivity contribution in [2.75, 3.05) is 0 Å². The molecule has 0 radical (unpaired) electrons. The molecule has 0 amide bonds. The molecule has 4 nitrogen and oxygen atoms in total. The van der Waals surface area contributed by atoms with Gasteiger partial charge in [0.1, 0.15) is 17.4 Å². The van der Waals surface area contributed by atoms with Crippen LogP contribution in [0.25, 0.3) is 21.9 Å². The Hall–Kier alpha value is -1.68. The molecular weight excluding hydrogens is 212 g/mol. The van der Waals surface area contributed by atoms with Crippen LogP contribution in [0.2, 0.25) is 5.15 Å². The third-order valence-corrected chi connectivity index (χ3v) is 2.80. The molecule has 0 aliphatic heterocycles. The average molecular weight is 219 g/mol. The van der Waals surface area contributed by atoms with E-state index in [-0.39, 0.29) is 0 Å². The van der Waals surface area contributed by atoms with E-state index >= 15 is 0 Å². The first-order valence-corrected chi connectivity index (χ1v) is 4.85. The average Bonchev–Trinajstić information content (AvgIpc) is 2.55. The maximum Gasteiger partial charge on any atom is 0.156 e. The zero-order valence-corrected chi connectivity index (χ0v) is 8.73. The second-order valence-electron chi connectivity index (χ2n) is 3.31. The molecule has 3 aromatic rings. The summed E-state index contributed by atoms with van der Waals surface area (Å²) in [5.74, 6) is 0. The second-order valence-corrected chi connectivity index (χ2v) is 3.67. The van der Waals surface area contributed by atoms with E-state index in [2.05, 4.69) is 15.0 Å². The highest BCUT2D eigenvalue weighted by atomic mass is 35.5. The number of hydrogen-bond acceptors (Lipinski definition) is 3. The van der Waals surface area contributed by atoms with Crippen LogP contribution in [0.15, 0.2) is 24.8 Å². The van der Waals surface area contributed by atoms with Crippen LogP contribution in [0.3, 0.4) is 0 Å². The van der Waals surface area contributed by atoms with Gasteiger partial charge in [0.2, 0.25) is 0 Å². The number of nitrogens with zero attached hydrogens (tertiary/aromatic N) is 4. The van der Waals surface area contributed by atoms with Crippen LogP contribution in [-0.4, -0.2) is 19.5 Å². The third kappa shape index (κ3) is 1.05. The minimum absolute atomic E-state index is 0.471. The van der Waals surface area contributed by atoms with Gasteiger partial charge in [-0.1, -0.05) is 11.6 Å². The molecule has 0 atom stereocenters. The van der Waals surface area contributed by atoms with Gasteiger partial charge >= 0.3 is 0 Å². The fourth-order valence-electron chi connectivity index (χ4n) is 1.83. The van der Waals surface area contributed by atoms with Crippen molar-refractivity contribution in [2.45, 2.75) is 0 Å². The summed E-state index contributed by atoms with van der Waals surface area (Å²) in [6.45, 7) is 0. The lowest BCUT2D eigenvalue weighted by Crippen LogP contribution is -1.89. The van der Waals surface area contributed by atoms with E-state index < -0.39 is 0 Å². The normalized spacial score (nSPS) is 11.3. The predicted octanol–water partition coefficient (Wildman–Crippen LogP) is 2.17. The van der Waals surface area contributed by atoms with Crippen molar-refractivity contribution in [1.82, 2.24) is 19.5 Å². The van der Waals surface area contributed by atoms with E-state index in [1.54, 1.807) is 12.4 Å². The van der Waals surface area contributed by atoms with Crippen molar-refractivity contribution < 1.29 is 0 Å². The maximum absolute atomic E-state index is 6.04. The summed E-state index contributed by atoms with van der Waals surface area (Å²) in [5.41, 5.74) is 2.75. The summed E-state index contributed by atoms with van der Waals surface area (Å²) in [4.78, 5) is 12.3. The smallest absolute Gasteiger partial charge is 0.156 e. The van der Waals surface area contributed by atoms with Crippen LogP contribution < -0.4 is 0 Å². The van der Waals surface area contributed by atoms with Crippen molar-refractivity contribution in [2.24, 2.45) is 7.05 Å². The van der Waals surface area contributed by atoms with Crippen LogP contribution >= 0.6 is 11.6 Å². The number of hydrogen-bond donors (Lipinski definition) is 0. The van der Waals surface area contributed by atoms with E-state index in [0.717, 1.165) is 21.9 Å². The first kappa shape index (κ1) is 8.61. The molecule has 3 heterocycles. The molecule has 0 fully saturated rings. The van der Waals surface area contributed by atoms with Gasteiger partial charge < -0.3 is 4.57 Å². The van der Waals surface area contributed by atoms with Gasteiger partial charge in [-0.2, -0.15) is 0 Å². The van der Waals surface area contributed by atoms with Gasteiger partial charge in [0, 0.05) is 24.8 Å². The first-order chi connectivity index (χ1) is 7.29. The molecule has 0 N–H and O–H groups in total. The predicted molar refractivity (Wildman–Crippen MR) is 58.8 cm³/mol. The molecule has 0 aliphatic carbocycles. The lowest BCUT2D eigenvalue weighted by Gasteiger charge is -1.97. The SMILES string of the molecule is Cn1c2ccncc2c2ncnc(Cl)c21. The first-order valence-electron chi connectivity index (χ1n) is 4.47. The maximum atomic E-state index is 6.04. The highest BCUT2D eigenvalue weighted by molar-refractivity contribution is 6.34. The second kappa shape index (κ2) is 2.90. The summed E-state index contributed by atoms with van der Waals surface area (Å²) >= 11 is 6.04. The molecule has 74 valence electrons. The van der Waals surface area contributed by atoms with E-state index in [1.807, 2.05) is 17.7 Å². The Kier molecular flexibility index (Phi) is 1.67. The molecule has 0 bridgehead atoms. The Labute approximate surface area is 90.5 Å². The Balaban J connectivity index is 2.69. The molecule has 0 unspecified atom stereocenters. The number of pyridine rings is 1. The van der Waals surface area contributed by atoms with E-state index in [1.165, 1.54) is 6.33 Å². The molecule has 0 aliphatic rings. The molecule has 0 saturated carbocycles. The monoisotopic (exact) mass is 218 g/mol. The highest BCUT2D eigenvalue weighted by Gasteiger charge is 2.11. The number of aromatic nitrogens is 4. The van der Waals surface area contributed by atoms with Gasteiger partial charge in [-0.25, -0.2) is 9.97 Å². The van der Waals surface area contributed by atoms with Crippen LogP contribution in [0.5, 0.6) is 0 Å². The topological polar surface area (TPSA) is 43.6 Å². The molecule has 3 aromatic heterocycles. The minimum Gasteiger partial charge on any atom is -0.340 e. The number of fused-ring (bicyclic) bond motifs is 3. The quantitative estimate of drug-likeness (QED) is 0.543. The minimum atomic E-state index is 0.471. The van der Waals surface area contributed by atoms with E-state index in [4.69, 9.17) is 11.6 Å². The fraction of sp³-hybridized carbons (Fsp3) is 0.100. The Morgan fingerprint density at radius 2 is 2.20 bits per heavy atom. The van der Waals surface area contributed by atoms with Crippen LogP contribution in [-0.2, 0) is 7.05 Å². The van der Waals surface area contributed by atoms with Crippen LogP contribution in [0.1, 0.15) is 0 Å². The third-order valence-electron chi connectivity index (χ3n) is 2.53. The lowest BCUT2D eigenvalue weighted by atomic mass is 10.3. The lowest BCUT2D eigenvalue weighted by molar-refractivity contribution is 1.00. The van der Waals surface area contributed by atoms with Crippen molar-refractivity contribution in [3.8, 4) is 0 Å². The number of rotatable bonds is 0. The van der Waals surface area contributed by atoms with Crippen molar-refractivity contribution in [3.63, 3.8) is 0 Å². The van der Waals surface area contributed by atoms with Gasteiger partial charge in [0.25, 0.3) is 0 Å². The summed E-state index contributed by atoms with van der Waals surface area (Å²) in [5, 5.41) is 1.47. The van der Waals surface area contributed by atoms with Gasteiger partial charge in [0.05, 0.1) is 5.52 Å². The summed E-state index contributed by atoms with van der Waals surface area (Å²) in [7, 11) is 1.94. The Morgan fingerprint density at radius 1 is 1.33 bits per heavy atom. The van der Waals surface area contributed by atoms with Crippen LogP contribution in [0, 0.1) is 0 Å². The van der Waals surface area contributed by atoms with Crippen molar-refractivity contribution in [1.29, 1.82) is 0 Å². The van der Waals surface area contributed by atoms with Crippen LogP contribution in [0.4, 0.5) is 0 Å². The van der Waals surface area contributed by atoms with Gasteiger partial charge in [-0.05, 0) is 6.07 Å². The van der Waals surface area contributed by atoms with Gasteiger partial charge in [-0.3, -0.25) is 4.98 Å². The van der Waals surface area contributed by atoms with E-state index in [0.29, 0.717) is 5.15 Å². The molecule has 3 rings (SSSR count). The molecule has 5 heteroatoms. The zero-order chi connectivity index (χ0) is 10.4. The summed E-state index contributed by atoms with van der Waals surface area (Å²) < 4.78 is 1.98. The largest absolute Gasteiger partial charge is 0.340 e. The summed E-state index contributed by atoms with van der Waals surface area (Å²) in [6, 6.07) is 1.94.